The summed E-state index contributed by atoms with van der Waals surface area (Å²) in [5.74, 6) is -1.20. The molecule has 3 fully saturated rings. The topological polar surface area (TPSA) is 87.0 Å². The first kappa shape index (κ1) is 24.0. The van der Waals surface area contributed by atoms with Crippen LogP contribution < -0.4 is 0 Å². The number of halogens is 2. The van der Waals surface area contributed by atoms with Crippen molar-refractivity contribution in [2.75, 3.05) is 0 Å². The van der Waals surface area contributed by atoms with E-state index in [0.29, 0.717) is 25.7 Å². The number of aliphatic hydroxyl groups excluding tert-OH is 1. The molecule has 0 aromatic heterocycles. The van der Waals surface area contributed by atoms with Crippen molar-refractivity contribution in [1.29, 1.82) is 0 Å². The summed E-state index contributed by atoms with van der Waals surface area (Å²) in [4.78, 5) is 12.3. The Kier molecular flexibility index (Phi) is 6.38. The van der Waals surface area contributed by atoms with Gasteiger partial charge in [0.05, 0.1) is 17.3 Å². The highest BCUT2D eigenvalue weighted by molar-refractivity contribution is 9.09. The maximum atomic E-state index is 11.9. The Morgan fingerprint density at radius 3 is 2.21 bits per heavy atom. The Hall–Kier alpha value is 0.310. The van der Waals surface area contributed by atoms with Crippen LogP contribution in [0.15, 0.2) is 0 Å². The summed E-state index contributed by atoms with van der Waals surface area (Å²) in [6.45, 7) is 9.50. The Morgan fingerprint density at radius 2 is 1.66 bits per heavy atom. The minimum atomic E-state index is -1.28. The summed E-state index contributed by atoms with van der Waals surface area (Å²) in [5, 5.41) is 34.6. The molecule has 5 nitrogen and oxygen atoms in total. The molecule has 0 radical (unpaired) electrons. The fourth-order valence-electron chi connectivity index (χ4n) is 6.79. The van der Waals surface area contributed by atoms with Crippen LogP contribution in [0.25, 0.3) is 0 Å². The highest BCUT2D eigenvalue weighted by Crippen LogP contribution is 2.63. The third kappa shape index (κ3) is 4.08. The third-order valence-corrected chi connectivity index (χ3v) is 11.3. The molecule has 3 aliphatic carbocycles. The smallest absolute Gasteiger partial charge is 0.302 e. The molecular formula is C22H36Br2O5. The van der Waals surface area contributed by atoms with Gasteiger partial charge >= 0.3 is 5.97 Å². The molecule has 3 saturated carbocycles. The first-order valence-corrected chi connectivity index (χ1v) is 12.6. The summed E-state index contributed by atoms with van der Waals surface area (Å²) in [6.07, 6.45) is 2.05. The van der Waals surface area contributed by atoms with Gasteiger partial charge in [0.2, 0.25) is 0 Å². The highest BCUT2D eigenvalue weighted by atomic mass is 79.9. The summed E-state index contributed by atoms with van der Waals surface area (Å²) in [6, 6.07) is 0. The van der Waals surface area contributed by atoms with Crippen molar-refractivity contribution < 1.29 is 24.9 Å². The van der Waals surface area contributed by atoms with Crippen molar-refractivity contribution in [1.82, 2.24) is 0 Å². The van der Waals surface area contributed by atoms with E-state index in [1.165, 1.54) is 6.92 Å². The van der Waals surface area contributed by atoms with Crippen molar-refractivity contribution in [2.45, 2.75) is 106 Å². The molecule has 0 amide bonds. The number of carbonyl (C=O) groups excluding carboxylic acids is 1. The number of hydrogen-bond donors (Lipinski definition) is 3. The fraction of sp³-hybridized carbons (Fsp3) is 0.955. The molecule has 29 heavy (non-hydrogen) atoms. The first-order valence-electron chi connectivity index (χ1n) is 10.7. The Morgan fingerprint density at radius 1 is 1.07 bits per heavy atom. The minimum absolute atomic E-state index is 0.153. The Bertz CT molecular complexity index is 653. The molecule has 7 heteroatoms. The highest BCUT2D eigenvalue weighted by Gasteiger charge is 2.66. The second-order valence-corrected chi connectivity index (χ2v) is 13.2. The van der Waals surface area contributed by atoms with Crippen LogP contribution >= 0.6 is 31.9 Å². The van der Waals surface area contributed by atoms with E-state index < -0.39 is 35.3 Å². The molecule has 0 bridgehead atoms. The lowest BCUT2D eigenvalue weighted by atomic mass is 9.57. The van der Waals surface area contributed by atoms with Crippen LogP contribution in [0.4, 0.5) is 0 Å². The van der Waals surface area contributed by atoms with Crippen LogP contribution in [0.5, 0.6) is 0 Å². The predicted molar refractivity (Wildman–Crippen MR) is 119 cm³/mol. The van der Waals surface area contributed by atoms with Crippen molar-refractivity contribution in [2.24, 2.45) is 22.7 Å². The second kappa shape index (κ2) is 7.72. The van der Waals surface area contributed by atoms with Crippen LogP contribution in [-0.4, -0.2) is 54.4 Å². The van der Waals surface area contributed by atoms with Crippen molar-refractivity contribution >= 4 is 37.8 Å². The van der Waals surface area contributed by atoms with Crippen LogP contribution in [0.2, 0.25) is 0 Å². The maximum absolute atomic E-state index is 11.9. The van der Waals surface area contributed by atoms with Gasteiger partial charge in [-0.25, -0.2) is 0 Å². The normalized spacial score (nSPS) is 50.6. The number of esters is 1. The van der Waals surface area contributed by atoms with E-state index in [0.717, 1.165) is 12.8 Å². The lowest BCUT2D eigenvalue weighted by Gasteiger charge is -2.54. The molecule has 0 aromatic carbocycles. The zero-order valence-corrected chi connectivity index (χ0v) is 21.3. The number of fused-ring (bicyclic) bond motifs is 1. The molecule has 0 heterocycles. The second-order valence-electron chi connectivity index (χ2n) is 11.0. The van der Waals surface area contributed by atoms with Gasteiger partial charge < -0.3 is 20.1 Å². The zero-order chi connectivity index (χ0) is 22.0. The van der Waals surface area contributed by atoms with Gasteiger partial charge in [0, 0.05) is 28.4 Å². The van der Waals surface area contributed by atoms with Crippen LogP contribution in [0.3, 0.4) is 0 Å². The predicted octanol–water partition coefficient (Wildman–Crippen LogP) is 3.93. The Balaban J connectivity index is 2.02. The van der Waals surface area contributed by atoms with E-state index in [1.807, 2.05) is 6.92 Å². The average molecular weight is 540 g/mol. The Labute approximate surface area is 191 Å². The molecule has 3 aliphatic rings. The fourth-order valence-corrected chi connectivity index (χ4v) is 7.88. The van der Waals surface area contributed by atoms with Crippen LogP contribution in [0.1, 0.15) is 73.1 Å². The van der Waals surface area contributed by atoms with Gasteiger partial charge in [-0.3, -0.25) is 4.79 Å². The SMILES string of the molecule is CC(=O)O[C@@H]1C[C@]2(C)[C@@H](Br)CC[C@@](C)(O)[C@H]2[C@@H]1[C@@H](O)[C@@]1(O)CC[C@H](Br)C(C)(C)C1. The van der Waals surface area contributed by atoms with Gasteiger partial charge in [0.25, 0.3) is 0 Å². The summed E-state index contributed by atoms with van der Waals surface area (Å²) < 4.78 is 5.70. The molecular weight excluding hydrogens is 504 g/mol. The van der Waals surface area contributed by atoms with Gasteiger partial charge in [-0.05, 0) is 56.3 Å². The van der Waals surface area contributed by atoms with Crippen molar-refractivity contribution in [3.8, 4) is 0 Å². The molecule has 9 atom stereocenters. The third-order valence-electron chi connectivity index (χ3n) is 8.13. The largest absolute Gasteiger partial charge is 0.462 e. The molecule has 3 N–H and O–H groups in total. The quantitative estimate of drug-likeness (QED) is 0.373. The number of rotatable bonds is 3. The van der Waals surface area contributed by atoms with Crippen molar-refractivity contribution in [3.05, 3.63) is 0 Å². The molecule has 0 aliphatic heterocycles. The zero-order valence-electron chi connectivity index (χ0n) is 18.1. The van der Waals surface area contributed by atoms with E-state index in [-0.39, 0.29) is 26.4 Å². The van der Waals surface area contributed by atoms with E-state index >= 15 is 0 Å². The molecule has 168 valence electrons. The average Bonchev–Trinajstić information content (AvgIpc) is 2.88. The maximum Gasteiger partial charge on any atom is 0.302 e. The van der Waals surface area contributed by atoms with Crippen LogP contribution in [-0.2, 0) is 9.53 Å². The number of hydrogen-bond acceptors (Lipinski definition) is 5. The lowest BCUT2D eigenvalue weighted by molar-refractivity contribution is -0.189. The van der Waals surface area contributed by atoms with E-state index in [4.69, 9.17) is 4.74 Å². The summed E-state index contributed by atoms with van der Waals surface area (Å²) in [5.41, 5.74) is -2.80. The molecule has 0 aromatic rings. The number of aliphatic hydroxyl groups is 3. The minimum Gasteiger partial charge on any atom is -0.462 e. The van der Waals surface area contributed by atoms with Gasteiger partial charge in [-0.2, -0.15) is 0 Å². The van der Waals surface area contributed by atoms with Gasteiger partial charge in [-0.15, -0.1) is 0 Å². The van der Waals surface area contributed by atoms with Gasteiger partial charge in [-0.1, -0.05) is 52.6 Å². The molecule has 0 spiro atoms. The summed E-state index contributed by atoms with van der Waals surface area (Å²) in [7, 11) is 0. The van der Waals surface area contributed by atoms with Crippen molar-refractivity contribution in [3.63, 3.8) is 0 Å². The van der Waals surface area contributed by atoms with E-state index in [2.05, 4.69) is 52.6 Å². The monoisotopic (exact) mass is 538 g/mol. The number of alkyl halides is 2. The van der Waals surface area contributed by atoms with Gasteiger partial charge in [0.1, 0.15) is 6.10 Å². The molecule has 0 saturated heterocycles. The van der Waals surface area contributed by atoms with Crippen LogP contribution in [0, 0.1) is 22.7 Å². The molecule has 3 rings (SSSR count). The van der Waals surface area contributed by atoms with Gasteiger partial charge in [0.15, 0.2) is 0 Å². The number of ether oxygens (including phenoxy) is 1. The molecule has 0 unspecified atom stereocenters. The number of carbonyl (C=O) groups is 1. The summed E-state index contributed by atoms with van der Waals surface area (Å²) >= 11 is 7.53. The standard InChI is InChI=1S/C22H36Br2O5/c1-12(25)29-13-10-20(4)15(24)6-8-21(5,27)17(20)16(13)18(26)22(28)9-7-14(23)19(2,3)11-22/h13-18,26-28H,6-11H2,1-5H3/t13-,14+,15+,16-,17+,18-,20-,21-,22-/m1/s1. The first-order chi connectivity index (χ1) is 13.1. The van der Waals surface area contributed by atoms with E-state index in [1.54, 1.807) is 0 Å². The lowest BCUT2D eigenvalue weighted by Crippen LogP contribution is -2.60. The van der Waals surface area contributed by atoms with E-state index in [9.17, 15) is 20.1 Å².